The van der Waals surface area contributed by atoms with E-state index < -0.39 is 0 Å². The molecule has 1 rings (SSSR count). The molecule has 0 aliphatic carbocycles. The van der Waals surface area contributed by atoms with Crippen molar-refractivity contribution in [2.24, 2.45) is 11.5 Å². The summed E-state index contributed by atoms with van der Waals surface area (Å²) >= 11 is 5.84. The van der Waals surface area contributed by atoms with E-state index in [2.05, 4.69) is 26.5 Å². The van der Waals surface area contributed by atoms with Crippen LogP contribution in [0.4, 0.5) is 0 Å². The van der Waals surface area contributed by atoms with Crippen LogP contribution in [0.15, 0.2) is 16.3 Å². The van der Waals surface area contributed by atoms with Gasteiger partial charge in [-0.2, -0.15) is 0 Å². The zero-order valence-electron chi connectivity index (χ0n) is 14.8. The molecule has 1 aromatic heterocycles. The SMILES string of the molecule is CC.CCCCCCCCN.CCN.Cc1cc(S)cs1. The van der Waals surface area contributed by atoms with Gasteiger partial charge < -0.3 is 11.5 Å². The van der Waals surface area contributed by atoms with Crippen molar-refractivity contribution < 1.29 is 0 Å². The van der Waals surface area contributed by atoms with E-state index >= 15 is 0 Å². The van der Waals surface area contributed by atoms with Gasteiger partial charge in [-0.05, 0) is 32.5 Å². The lowest BCUT2D eigenvalue weighted by Gasteiger charge is -1.96. The topological polar surface area (TPSA) is 52.0 Å². The van der Waals surface area contributed by atoms with Crippen LogP contribution in [-0.4, -0.2) is 13.1 Å². The summed E-state index contributed by atoms with van der Waals surface area (Å²) in [6, 6.07) is 2.05. The predicted molar refractivity (Wildman–Crippen MR) is 105 cm³/mol. The molecular formula is C17H38N2S2. The summed E-state index contributed by atoms with van der Waals surface area (Å²) in [7, 11) is 0. The molecule has 0 atom stereocenters. The van der Waals surface area contributed by atoms with Crippen molar-refractivity contribution in [1.29, 1.82) is 0 Å². The molecule has 2 nitrogen and oxygen atoms in total. The number of rotatable bonds is 6. The first-order valence-electron chi connectivity index (χ1n) is 8.26. The van der Waals surface area contributed by atoms with Crippen molar-refractivity contribution in [2.75, 3.05) is 13.1 Å². The molecule has 0 aliphatic heterocycles. The van der Waals surface area contributed by atoms with Crippen LogP contribution in [0.2, 0.25) is 0 Å². The van der Waals surface area contributed by atoms with E-state index in [1.807, 2.05) is 32.2 Å². The van der Waals surface area contributed by atoms with Crippen molar-refractivity contribution in [2.45, 2.75) is 78.0 Å². The van der Waals surface area contributed by atoms with Gasteiger partial charge in [-0.3, -0.25) is 0 Å². The van der Waals surface area contributed by atoms with Crippen molar-refractivity contribution >= 4 is 24.0 Å². The van der Waals surface area contributed by atoms with E-state index in [1.54, 1.807) is 11.3 Å². The molecule has 0 bridgehead atoms. The van der Waals surface area contributed by atoms with E-state index in [0.29, 0.717) is 0 Å². The molecule has 0 radical (unpaired) electrons. The summed E-state index contributed by atoms with van der Waals surface area (Å²) in [5.41, 5.74) is 10.2. The van der Waals surface area contributed by atoms with E-state index in [-0.39, 0.29) is 0 Å². The molecule has 0 saturated carbocycles. The summed E-state index contributed by atoms with van der Waals surface area (Å²) < 4.78 is 0. The standard InChI is InChI=1S/C8H19N.C5H6S2.C2H7N.C2H6/c1-2-3-4-5-6-7-8-9;1-4-2-5(6)3-7-4;1-2-3;1-2/h2-9H2,1H3;2-3,6H,1H3;2-3H2,1H3;1-2H3. The van der Waals surface area contributed by atoms with Crippen molar-refractivity contribution in [3.8, 4) is 0 Å². The highest BCUT2D eigenvalue weighted by Gasteiger charge is 1.86. The molecule has 21 heavy (non-hydrogen) atoms. The van der Waals surface area contributed by atoms with Gasteiger partial charge in [-0.25, -0.2) is 0 Å². The minimum Gasteiger partial charge on any atom is -0.331 e. The summed E-state index contributed by atoms with van der Waals surface area (Å²) in [6.45, 7) is 11.8. The largest absolute Gasteiger partial charge is 0.331 e. The number of thiophene rings is 1. The van der Waals surface area contributed by atoms with E-state index in [1.165, 1.54) is 43.4 Å². The Morgan fingerprint density at radius 3 is 1.76 bits per heavy atom. The van der Waals surface area contributed by atoms with Crippen LogP contribution in [0.3, 0.4) is 0 Å². The van der Waals surface area contributed by atoms with Crippen LogP contribution in [-0.2, 0) is 0 Å². The number of aryl methyl sites for hydroxylation is 1. The Labute approximate surface area is 143 Å². The molecule has 128 valence electrons. The second kappa shape index (κ2) is 25.0. The van der Waals surface area contributed by atoms with E-state index in [0.717, 1.165) is 18.0 Å². The summed E-state index contributed by atoms with van der Waals surface area (Å²) in [4.78, 5) is 2.40. The molecule has 0 fully saturated rings. The Morgan fingerprint density at radius 1 is 1.00 bits per heavy atom. The lowest BCUT2D eigenvalue weighted by molar-refractivity contribution is 0.612. The third-order valence-electron chi connectivity index (χ3n) is 2.27. The molecule has 1 heterocycles. The average molecular weight is 335 g/mol. The van der Waals surface area contributed by atoms with Crippen LogP contribution in [0.5, 0.6) is 0 Å². The molecule has 0 aliphatic rings. The normalized spacial score (nSPS) is 8.57. The summed E-state index contributed by atoms with van der Waals surface area (Å²) in [5.74, 6) is 0. The zero-order chi connectivity index (χ0) is 16.9. The number of hydrogen-bond donors (Lipinski definition) is 3. The van der Waals surface area contributed by atoms with Gasteiger partial charge in [0.15, 0.2) is 0 Å². The maximum absolute atomic E-state index is 5.34. The Morgan fingerprint density at radius 2 is 1.48 bits per heavy atom. The Balaban J connectivity index is -0.000000239. The maximum atomic E-state index is 5.34. The molecule has 1 aromatic rings. The minimum atomic E-state index is 0.750. The van der Waals surface area contributed by atoms with Crippen LogP contribution in [0, 0.1) is 6.92 Å². The third-order valence-corrected chi connectivity index (χ3v) is 3.57. The molecule has 4 heteroatoms. The van der Waals surface area contributed by atoms with Gasteiger partial charge in [0, 0.05) is 15.2 Å². The number of nitrogens with two attached hydrogens (primary N) is 2. The smallest absolute Gasteiger partial charge is 0.0150 e. The van der Waals surface area contributed by atoms with Crippen molar-refractivity contribution in [1.82, 2.24) is 0 Å². The first kappa shape index (κ1) is 25.9. The Kier molecular flexibility index (Phi) is 30.8. The summed E-state index contributed by atoms with van der Waals surface area (Å²) in [5, 5.41) is 2.03. The number of unbranched alkanes of at least 4 members (excludes halogenated alkanes) is 5. The lowest BCUT2D eigenvalue weighted by Crippen LogP contribution is -1.97. The highest BCUT2D eigenvalue weighted by atomic mass is 32.1. The van der Waals surface area contributed by atoms with Crippen LogP contribution in [0.1, 0.15) is 71.1 Å². The van der Waals surface area contributed by atoms with Crippen molar-refractivity contribution in [3.05, 3.63) is 16.3 Å². The lowest BCUT2D eigenvalue weighted by atomic mass is 10.1. The highest BCUT2D eigenvalue weighted by molar-refractivity contribution is 7.80. The zero-order valence-corrected chi connectivity index (χ0v) is 16.5. The predicted octanol–water partition coefficient (Wildman–Crippen LogP) is 5.64. The van der Waals surface area contributed by atoms with Crippen LogP contribution in [0.25, 0.3) is 0 Å². The van der Waals surface area contributed by atoms with Crippen molar-refractivity contribution in [3.63, 3.8) is 0 Å². The second-order valence-electron chi connectivity index (χ2n) is 4.38. The molecule has 4 N–H and O–H groups in total. The Bertz CT molecular complexity index is 241. The average Bonchev–Trinajstić information content (AvgIpc) is 2.86. The Hall–Kier alpha value is -0.0300. The molecule has 0 saturated heterocycles. The van der Waals surface area contributed by atoms with Crippen LogP contribution >= 0.6 is 24.0 Å². The van der Waals surface area contributed by atoms with Crippen LogP contribution < -0.4 is 11.5 Å². The monoisotopic (exact) mass is 334 g/mol. The van der Waals surface area contributed by atoms with Gasteiger partial charge in [0.05, 0.1) is 0 Å². The van der Waals surface area contributed by atoms with Gasteiger partial charge in [0.2, 0.25) is 0 Å². The fourth-order valence-corrected chi connectivity index (χ4v) is 2.36. The summed E-state index contributed by atoms with van der Waals surface area (Å²) in [6.07, 6.45) is 8.05. The van der Waals surface area contributed by atoms with Gasteiger partial charge in [-0.15, -0.1) is 24.0 Å². The third kappa shape index (κ3) is 28.8. The van der Waals surface area contributed by atoms with E-state index in [9.17, 15) is 0 Å². The van der Waals surface area contributed by atoms with Gasteiger partial charge in [-0.1, -0.05) is 59.8 Å². The molecule has 0 spiro atoms. The molecule has 0 aromatic carbocycles. The first-order chi connectivity index (χ1) is 10.1. The van der Waals surface area contributed by atoms with E-state index in [4.69, 9.17) is 11.5 Å². The number of hydrogen-bond acceptors (Lipinski definition) is 4. The molecule has 0 unspecified atom stereocenters. The maximum Gasteiger partial charge on any atom is 0.0150 e. The fraction of sp³-hybridized carbons (Fsp3) is 0.765. The minimum absolute atomic E-state index is 0.750. The second-order valence-corrected chi connectivity index (χ2v) is 6.01. The molecule has 0 amide bonds. The quantitative estimate of drug-likeness (QED) is 0.465. The molecular weight excluding hydrogens is 296 g/mol. The van der Waals surface area contributed by atoms with Gasteiger partial charge >= 0.3 is 0 Å². The van der Waals surface area contributed by atoms with Gasteiger partial charge in [0.1, 0.15) is 0 Å². The number of thiol groups is 1. The first-order valence-corrected chi connectivity index (χ1v) is 9.59. The fourth-order valence-electron chi connectivity index (χ4n) is 1.35. The van der Waals surface area contributed by atoms with Gasteiger partial charge in [0.25, 0.3) is 0 Å². The highest BCUT2D eigenvalue weighted by Crippen LogP contribution is 2.15.